The minimum Gasteiger partial charge on any atom is -0.497 e. The van der Waals surface area contributed by atoms with E-state index in [9.17, 15) is 14.7 Å². The third-order valence-electron chi connectivity index (χ3n) is 8.16. The van der Waals surface area contributed by atoms with E-state index in [1.54, 1.807) is 17.7 Å². The van der Waals surface area contributed by atoms with Crippen molar-refractivity contribution in [3.8, 4) is 5.75 Å². The lowest BCUT2D eigenvalue weighted by atomic mass is 9.49. The fourth-order valence-corrected chi connectivity index (χ4v) is 6.54. The van der Waals surface area contributed by atoms with Crippen LogP contribution in [-0.2, 0) is 31.2 Å². The van der Waals surface area contributed by atoms with Gasteiger partial charge in [-0.05, 0) is 75.2 Å². The van der Waals surface area contributed by atoms with Crippen LogP contribution < -0.4 is 10.3 Å². The van der Waals surface area contributed by atoms with Crippen molar-refractivity contribution in [2.75, 3.05) is 20.7 Å². The van der Waals surface area contributed by atoms with Crippen LogP contribution in [0.25, 0.3) is 0 Å². The van der Waals surface area contributed by atoms with Crippen LogP contribution in [-0.4, -0.2) is 52.7 Å². The van der Waals surface area contributed by atoms with Crippen LogP contribution in [0.1, 0.15) is 53.0 Å². The van der Waals surface area contributed by atoms with E-state index < -0.39 is 11.0 Å². The standard InChI is InChI=1S/C25H30N2O4/c1-5-27-21-14-24-8-9-26(3)22(11-16-6-7-18(31-4)12-20(16)24)25(24,30)13-17(21)10-19(15(2)28)23(27)29/h6-7,10,12,22,30H,5,8-9,11,13-14H2,1-4H3/t22-,24-,25-/m1/s1. The van der Waals surface area contributed by atoms with Crippen LogP contribution in [0.15, 0.2) is 29.1 Å². The van der Waals surface area contributed by atoms with Crippen molar-refractivity contribution in [2.45, 2.75) is 63.1 Å². The molecular weight excluding hydrogens is 392 g/mol. The van der Waals surface area contributed by atoms with Gasteiger partial charge in [0.1, 0.15) is 5.75 Å². The Hall–Kier alpha value is -2.44. The fraction of sp³-hybridized carbons (Fsp3) is 0.520. The van der Waals surface area contributed by atoms with Gasteiger partial charge in [0.25, 0.3) is 5.56 Å². The lowest BCUT2D eigenvalue weighted by Gasteiger charge is -2.63. The van der Waals surface area contributed by atoms with Crippen molar-refractivity contribution in [1.82, 2.24) is 9.47 Å². The number of ketones is 1. The molecule has 1 aliphatic heterocycles. The number of piperidine rings is 1. The zero-order valence-corrected chi connectivity index (χ0v) is 18.7. The van der Waals surface area contributed by atoms with E-state index in [4.69, 9.17) is 4.74 Å². The number of likely N-dealkylation sites (tertiary alicyclic amines) is 1. The second kappa shape index (κ2) is 6.78. The average Bonchev–Trinajstić information content (AvgIpc) is 2.74. The quantitative estimate of drug-likeness (QED) is 0.767. The first-order valence-corrected chi connectivity index (χ1v) is 11.1. The Labute approximate surface area is 182 Å². The molecule has 6 heteroatoms. The largest absolute Gasteiger partial charge is 0.497 e. The van der Waals surface area contributed by atoms with Gasteiger partial charge in [0.15, 0.2) is 5.78 Å². The number of nitrogens with zero attached hydrogens (tertiary/aromatic N) is 2. The maximum atomic E-state index is 13.1. The van der Waals surface area contributed by atoms with Gasteiger partial charge in [0.05, 0.1) is 18.3 Å². The summed E-state index contributed by atoms with van der Waals surface area (Å²) in [4.78, 5) is 27.5. The summed E-state index contributed by atoms with van der Waals surface area (Å²) < 4.78 is 7.29. The second-order valence-corrected chi connectivity index (χ2v) is 9.47. The number of methoxy groups -OCH3 is 1. The monoisotopic (exact) mass is 422 g/mol. The van der Waals surface area contributed by atoms with Gasteiger partial charge in [-0.25, -0.2) is 0 Å². The van der Waals surface area contributed by atoms with Gasteiger partial charge in [-0.3, -0.25) is 9.59 Å². The molecule has 2 heterocycles. The van der Waals surface area contributed by atoms with E-state index in [1.807, 2.05) is 13.0 Å². The number of ether oxygens (including phenoxy) is 1. The van der Waals surface area contributed by atoms with Crippen molar-refractivity contribution in [2.24, 2.45) is 0 Å². The van der Waals surface area contributed by atoms with Crippen molar-refractivity contribution in [3.63, 3.8) is 0 Å². The maximum absolute atomic E-state index is 13.1. The van der Waals surface area contributed by atoms with Crippen LogP contribution in [0.2, 0.25) is 0 Å². The van der Waals surface area contributed by atoms with Gasteiger partial charge in [-0.1, -0.05) is 6.07 Å². The summed E-state index contributed by atoms with van der Waals surface area (Å²) >= 11 is 0. The smallest absolute Gasteiger partial charge is 0.261 e. The number of hydrogen-bond donors (Lipinski definition) is 1. The predicted molar refractivity (Wildman–Crippen MR) is 118 cm³/mol. The summed E-state index contributed by atoms with van der Waals surface area (Å²) in [6.07, 6.45) is 2.61. The van der Waals surface area contributed by atoms with E-state index in [0.29, 0.717) is 19.4 Å². The van der Waals surface area contributed by atoms with Crippen LogP contribution in [0.3, 0.4) is 0 Å². The Bertz CT molecular complexity index is 1150. The Morgan fingerprint density at radius 3 is 2.71 bits per heavy atom. The first-order chi connectivity index (χ1) is 14.8. The number of aliphatic hydroxyl groups is 1. The normalized spacial score (nSPS) is 29.0. The highest BCUT2D eigenvalue weighted by Crippen LogP contribution is 2.57. The minimum absolute atomic E-state index is 0.0157. The number of Topliss-reactive ketones (excluding diaryl/α,β-unsaturated/α-hetero) is 1. The molecule has 0 amide bonds. The van der Waals surface area contributed by atoms with Gasteiger partial charge >= 0.3 is 0 Å². The van der Waals surface area contributed by atoms with Gasteiger partial charge in [-0.2, -0.15) is 0 Å². The van der Waals surface area contributed by atoms with Gasteiger partial charge in [-0.15, -0.1) is 0 Å². The molecule has 2 bridgehead atoms. The number of pyridine rings is 1. The molecule has 3 atom stereocenters. The second-order valence-electron chi connectivity index (χ2n) is 9.47. The first kappa shape index (κ1) is 20.5. The van der Waals surface area contributed by atoms with Crippen molar-refractivity contribution in [3.05, 3.63) is 62.6 Å². The topological polar surface area (TPSA) is 71.8 Å². The summed E-state index contributed by atoms with van der Waals surface area (Å²) in [5.41, 5.74) is 2.82. The van der Waals surface area contributed by atoms with Crippen molar-refractivity contribution >= 4 is 5.78 Å². The number of rotatable bonds is 3. The molecule has 1 aromatic carbocycles. The molecule has 5 rings (SSSR count). The summed E-state index contributed by atoms with van der Waals surface area (Å²) in [5.74, 6) is 0.566. The molecule has 6 nitrogen and oxygen atoms in total. The number of carbonyl (C=O) groups excluding carboxylic acids is 1. The first-order valence-electron chi connectivity index (χ1n) is 11.1. The van der Waals surface area contributed by atoms with Crippen LogP contribution >= 0.6 is 0 Å². The number of fused-ring (bicyclic) bond motifs is 2. The molecule has 0 radical (unpaired) electrons. The number of aromatic nitrogens is 1. The van der Waals surface area contributed by atoms with Crippen LogP contribution in [0.4, 0.5) is 0 Å². The molecule has 2 aromatic rings. The molecule has 0 spiro atoms. The van der Waals surface area contributed by atoms with E-state index in [1.165, 1.54) is 12.5 Å². The third kappa shape index (κ3) is 2.58. The average molecular weight is 423 g/mol. The fourth-order valence-electron chi connectivity index (χ4n) is 6.54. The minimum atomic E-state index is -0.976. The molecule has 0 saturated carbocycles. The molecule has 2 aliphatic carbocycles. The Morgan fingerprint density at radius 2 is 2.03 bits per heavy atom. The molecule has 0 unspecified atom stereocenters. The molecular formula is C25H30N2O4. The summed E-state index contributed by atoms with van der Waals surface area (Å²) in [7, 11) is 3.75. The lowest BCUT2D eigenvalue weighted by molar-refractivity contribution is -0.145. The molecule has 31 heavy (non-hydrogen) atoms. The molecule has 164 valence electrons. The van der Waals surface area contributed by atoms with E-state index in [0.717, 1.165) is 42.0 Å². The lowest BCUT2D eigenvalue weighted by Crippen LogP contribution is -2.73. The van der Waals surface area contributed by atoms with Crippen molar-refractivity contribution in [1.29, 1.82) is 0 Å². The number of hydrogen-bond acceptors (Lipinski definition) is 5. The molecule has 1 aromatic heterocycles. The number of carbonyl (C=O) groups is 1. The van der Waals surface area contributed by atoms with Gasteiger partial charge in [0, 0.05) is 36.5 Å². The highest BCUT2D eigenvalue weighted by atomic mass is 16.5. The Kier molecular flexibility index (Phi) is 4.47. The molecule has 1 saturated heterocycles. The zero-order chi connectivity index (χ0) is 22.1. The van der Waals surface area contributed by atoms with Gasteiger partial charge in [0.2, 0.25) is 0 Å². The predicted octanol–water partition coefficient (Wildman–Crippen LogP) is 2.11. The van der Waals surface area contributed by atoms with E-state index in [-0.39, 0.29) is 22.9 Å². The molecule has 1 fully saturated rings. The van der Waals surface area contributed by atoms with Crippen LogP contribution in [0.5, 0.6) is 5.75 Å². The number of benzene rings is 1. The summed E-state index contributed by atoms with van der Waals surface area (Å²) in [6.45, 7) is 4.78. The van der Waals surface area contributed by atoms with E-state index >= 15 is 0 Å². The third-order valence-corrected chi connectivity index (χ3v) is 8.16. The summed E-state index contributed by atoms with van der Waals surface area (Å²) in [6, 6.07) is 7.94. The SMILES string of the molecule is CCn1c2c(cc(C(C)=O)c1=O)C[C@@]1(O)[C@H]3Cc4ccc(OC)cc4[C@@]1(CCN3C)C2. The highest BCUT2D eigenvalue weighted by molar-refractivity contribution is 5.94. The Morgan fingerprint density at radius 1 is 1.26 bits per heavy atom. The number of likely N-dealkylation sites (N-methyl/N-ethyl adjacent to an activating group) is 1. The maximum Gasteiger partial charge on any atom is 0.261 e. The van der Waals surface area contributed by atoms with Crippen LogP contribution in [0, 0.1) is 0 Å². The Balaban J connectivity index is 1.80. The molecule has 3 aliphatic rings. The highest BCUT2D eigenvalue weighted by Gasteiger charge is 2.64. The van der Waals surface area contributed by atoms with Gasteiger partial charge < -0.3 is 19.3 Å². The van der Waals surface area contributed by atoms with Crippen molar-refractivity contribution < 1.29 is 14.6 Å². The summed E-state index contributed by atoms with van der Waals surface area (Å²) in [5, 5.41) is 12.4. The molecule has 1 N–H and O–H groups in total. The zero-order valence-electron chi connectivity index (χ0n) is 18.7. The van der Waals surface area contributed by atoms with E-state index in [2.05, 4.69) is 24.1 Å².